The number of amides is 1. The number of sulfonamides is 1. The number of rotatable bonds is 6. The molecule has 1 saturated carbocycles. The quantitative estimate of drug-likeness (QED) is 0.806. The molecule has 1 aliphatic carbocycles. The van der Waals surface area contributed by atoms with Crippen molar-refractivity contribution in [3.8, 4) is 0 Å². The zero-order chi connectivity index (χ0) is 19.3. The van der Waals surface area contributed by atoms with E-state index in [1.54, 1.807) is 16.4 Å². The van der Waals surface area contributed by atoms with Gasteiger partial charge in [0.25, 0.3) is 0 Å². The summed E-state index contributed by atoms with van der Waals surface area (Å²) in [7, 11) is -3.38. The topological polar surface area (TPSA) is 66.5 Å². The first-order valence-corrected chi connectivity index (χ1v) is 11.8. The maximum atomic E-state index is 12.7. The van der Waals surface area contributed by atoms with Crippen molar-refractivity contribution in [2.75, 3.05) is 13.1 Å². The van der Waals surface area contributed by atoms with Gasteiger partial charge in [-0.3, -0.25) is 4.79 Å². The predicted molar refractivity (Wildman–Crippen MR) is 107 cm³/mol. The molecule has 0 spiro atoms. The Hall–Kier alpha value is -1.40. The molecule has 1 aliphatic heterocycles. The summed E-state index contributed by atoms with van der Waals surface area (Å²) in [4.78, 5) is 12.6. The highest BCUT2D eigenvalue weighted by molar-refractivity contribution is 7.89. The van der Waals surface area contributed by atoms with Crippen LogP contribution < -0.4 is 5.32 Å². The van der Waals surface area contributed by atoms with Gasteiger partial charge in [-0.1, -0.05) is 38.3 Å². The molecule has 1 aromatic carbocycles. The van der Waals surface area contributed by atoms with Gasteiger partial charge in [0.1, 0.15) is 0 Å². The third-order valence-corrected chi connectivity index (χ3v) is 7.73. The summed E-state index contributed by atoms with van der Waals surface area (Å²) >= 11 is 0. The molecule has 2 unspecified atom stereocenters. The average Bonchev–Trinajstić information content (AvgIpc) is 2.67. The number of carbonyl (C=O) groups excluding carboxylic acids is 1. The fraction of sp³-hybridized carbons (Fsp3) is 0.667. The number of hydrogen-bond donors (Lipinski definition) is 1. The molecule has 1 amide bonds. The van der Waals surface area contributed by atoms with Crippen LogP contribution in [0.15, 0.2) is 29.2 Å². The fourth-order valence-corrected chi connectivity index (χ4v) is 5.72. The van der Waals surface area contributed by atoms with E-state index in [0.717, 1.165) is 37.7 Å². The van der Waals surface area contributed by atoms with Crippen LogP contribution in [0.2, 0.25) is 0 Å². The van der Waals surface area contributed by atoms with Crippen molar-refractivity contribution in [3.05, 3.63) is 29.8 Å². The highest BCUT2D eigenvalue weighted by Gasteiger charge is 2.25. The second-order valence-electron chi connectivity index (χ2n) is 8.14. The summed E-state index contributed by atoms with van der Waals surface area (Å²) in [6.07, 6.45) is 8.68. The van der Waals surface area contributed by atoms with Crippen LogP contribution in [0.25, 0.3) is 0 Å². The number of carbonyl (C=O) groups is 1. The van der Waals surface area contributed by atoms with Crippen molar-refractivity contribution >= 4 is 15.9 Å². The lowest BCUT2D eigenvalue weighted by atomic mass is 9.87. The standard InChI is InChI=1S/C21H32N2O3S/c1-17-6-5-7-19(16-17)22-21(24)13-10-18-8-11-20(12-9-18)27(25,26)23-14-3-2-4-15-23/h8-9,11-12,17,19H,2-7,10,13-16H2,1H3,(H,22,24). The molecule has 6 heteroatoms. The van der Waals surface area contributed by atoms with Gasteiger partial charge in [-0.15, -0.1) is 0 Å². The van der Waals surface area contributed by atoms with Gasteiger partial charge in [0.05, 0.1) is 4.90 Å². The minimum atomic E-state index is -3.38. The van der Waals surface area contributed by atoms with E-state index in [-0.39, 0.29) is 5.91 Å². The average molecular weight is 393 g/mol. The van der Waals surface area contributed by atoms with E-state index in [9.17, 15) is 13.2 Å². The second kappa shape index (κ2) is 9.20. The van der Waals surface area contributed by atoms with E-state index < -0.39 is 10.0 Å². The number of nitrogens with zero attached hydrogens (tertiary/aromatic N) is 1. The summed E-state index contributed by atoms with van der Waals surface area (Å²) in [5.74, 6) is 0.789. The van der Waals surface area contributed by atoms with E-state index in [4.69, 9.17) is 0 Å². The molecular weight excluding hydrogens is 360 g/mol. The van der Waals surface area contributed by atoms with Crippen molar-refractivity contribution < 1.29 is 13.2 Å². The molecular formula is C21H32N2O3S. The number of benzene rings is 1. The van der Waals surface area contributed by atoms with Gasteiger partial charge >= 0.3 is 0 Å². The SMILES string of the molecule is CC1CCCC(NC(=O)CCc2ccc(S(=O)(=O)N3CCCCC3)cc2)C1. The number of nitrogens with one attached hydrogen (secondary N) is 1. The van der Waals surface area contributed by atoms with E-state index in [1.807, 2.05) is 12.1 Å². The van der Waals surface area contributed by atoms with Gasteiger partial charge in [-0.05, 0) is 55.7 Å². The van der Waals surface area contributed by atoms with Crippen LogP contribution >= 0.6 is 0 Å². The maximum Gasteiger partial charge on any atom is 0.243 e. The van der Waals surface area contributed by atoms with Crippen molar-refractivity contribution in [1.29, 1.82) is 0 Å². The molecule has 1 N–H and O–H groups in total. The lowest BCUT2D eigenvalue weighted by molar-refractivity contribution is -0.122. The van der Waals surface area contributed by atoms with Gasteiger partial charge in [-0.25, -0.2) is 8.42 Å². The smallest absolute Gasteiger partial charge is 0.243 e. The van der Waals surface area contributed by atoms with Crippen LogP contribution in [0.5, 0.6) is 0 Å². The molecule has 150 valence electrons. The van der Waals surface area contributed by atoms with Gasteiger partial charge in [-0.2, -0.15) is 4.31 Å². The molecule has 3 rings (SSSR count). The van der Waals surface area contributed by atoms with Gasteiger partial charge in [0, 0.05) is 25.6 Å². The van der Waals surface area contributed by atoms with E-state index >= 15 is 0 Å². The van der Waals surface area contributed by atoms with Crippen LogP contribution in [0, 0.1) is 5.92 Å². The molecule has 1 heterocycles. The minimum absolute atomic E-state index is 0.0964. The van der Waals surface area contributed by atoms with Crippen molar-refractivity contribution in [3.63, 3.8) is 0 Å². The first kappa shape index (κ1) is 20.3. The molecule has 2 atom stereocenters. The molecule has 1 aromatic rings. The normalized spacial score (nSPS) is 24.5. The minimum Gasteiger partial charge on any atom is -0.353 e. The first-order valence-electron chi connectivity index (χ1n) is 10.3. The molecule has 0 aromatic heterocycles. The van der Waals surface area contributed by atoms with E-state index in [2.05, 4.69) is 12.2 Å². The highest BCUT2D eigenvalue weighted by Crippen LogP contribution is 2.24. The summed E-state index contributed by atoms with van der Waals surface area (Å²) in [5, 5.41) is 3.16. The zero-order valence-electron chi connectivity index (χ0n) is 16.3. The van der Waals surface area contributed by atoms with Crippen LogP contribution in [-0.4, -0.2) is 37.8 Å². The second-order valence-corrected chi connectivity index (χ2v) is 10.1. The Bertz CT molecular complexity index is 724. The Kier molecular flexibility index (Phi) is 6.93. The number of piperidine rings is 1. The Morgan fingerprint density at radius 1 is 1.07 bits per heavy atom. The van der Waals surface area contributed by atoms with Crippen molar-refractivity contribution in [2.45, 2.75) is 75.6 Å². The van der Waals surface area contributed by atoms with E-state index in [1.165, 1.54) is 12.8 Å². The molecule has 0 radical (unpaired) electrons. The fourth-order valence-electron chi connectivity index (χ4n) is 4.21. The summed E-state index contributed by atoms with van der Waals surface area (Å²) < 4.78 is 26.9. The lowest BCUT2D eigenvalue weighted by Crippen LogP contribution is -2.38. The molecule has 0 bridgehead atoms. The predicted octanol–water partition coefficient (Wildman–Crippen LogP) is 3.49. The number of hydrogen-bond acceptors (Lipinski definition) is 3. The molecule has 1 saturated heterocycles. The highest BCUT2D eigenvalue weighted by atomic mass is 32.2. The maximum absolute atomic E-state index is 12.7. The van der Waals surface area contributed by atoms with Gasteiger partial charge in [0.2, 0.25) is 15.9 Å². The monoisotopic (exact) mass is 392 g/mol. The summed E-state index contributed by atoms with van der Waals surface area (Å²) in [6.45, 7) is 3.48. The van der Waals surface area contributed by atoms with Crippen LogP contribution in [0.3, 0.4) is 0 Å². The molecule has 2 aliphatic rings. The third kappa shape index (κ3) is 5.55. The number of aryl methyl sites for hydroxylation is 1. The molecule has 27 heavy (non-hydrogen) atoms. The van der Waals surface area contributed by atoms with Crippen molar-refractivity contribution in [1.82, 2.24) is 9.62 Å². The van der Waals surface area contributed by atoms with Crippen molar-refractivity contribution in [2.24, 2.45) is 5.92 Å². The van der Waals surface area contributed by atoms with Gasteiger partial charge < -0.3 is 5.32 Å². The molecule has 2 fully saturated rings. The molecule has 5 nitrogen and oxygen atoms in total. The lowest BCUT2D eigenvalue weighted by Gasteiger charge is -2.27. The Morgan fingerprint density at radius 2 is 1.78 bits per heavy atom. The van der Waals surface area contributed by atoms with Crippen LogP contribution in [-0.2, 0) is 21.2 Å². The first-order chi connectivity index (χ1) is 12.9. The Balaban J connectivity index is 1.50. The van der Waals surface area contributed by atoms with E-state index in [0.29, 0.717) is 42.8 Å². The third-order valence-electron chi connectivity index (χ3n) is 5.82. The Labute approximate surface area is 163 Å². The Morgan fingerprint density at radius 3 is 2.44 bits per heavy atom. The summed E-state index contributed by atoms with van der Waals surface area (Å²) in [5.41, 5.74) is 1.000. The van der Waals surface area contributed by atoms with Crippen LogP contribution in [0.4, 0.5) is 0 Å². The largest absolute Gasteiger partial charge is 0.353 e. The summed E-state index contributed by atoms with van der Waals surface area (Å²) in [6, 6.07) is 7.36. The van der Waals surface area contributed by atoms with Crippen LogP contribution in [0.1, 0.15) is 63.9 Å². The van der Waals surface area contributed by atoms with Gasteiger partial charge in [0.15, 0.2) is 0 Å². The zero-order valence-corrected chi connectivity index (χ0v) is 17.1.